The lowest BCUT2D eigenvalue weighted by molar-refractivity contribution is -0.116. The van der Waals surface area contributed by atoms with Gasteiger partial charge < -0.3 is 9.64 Å². The first-order valence-electron chi connectivity index (χ1n) is 9.81. The fraction of sp³-hybridized carbons (Fsp3) is 0.318. The van der Waals surface area contributed by atoms with E-state index in [1.807, 2.05) is 58.0 Å². The summed E-state index contributed by atoms with van der Waals surface area (Å²) in [7, 11) is 1.64. The second-order valence-corrected chi connectivity index (χ2v) is 8.67. The molecule has 3 aromatic rings. The second kappa shape index (κ2) is 9.10. The van der Waals surface area contributed by atoms with Gasteiger partial charge in [0.05, 0.1) is 18.6 Å². The van der Waals surface area contributed by atoms with E-state index < -0.39 is 0 Å². The topological polar surface area (TPSA) is 60.2 Å². The van der Waals surface area contributed by atoms with Crippen LogP contribution in [0.1, 0.15) is 19.8 Å². The minimum atomic E-state index is 0.0465. The van der Waals surface area contributed by atoms with Gasteiger partial charge >= 0.3 is 0 Å². The number of hydrogen-bond donors (Lipinski definition) is 0. The number of rotatable bonds is 8. The van der Waals surface area contributed by atoms with Crippen LogP contribution < -0.4 is 9.64 Å². The zero-order valence-electron chi connectivity index (χ0n) is 16.9. The molecule has 1 amide bonds. The molecular weight excluding hydrogens is 420 g/mol. The van der Waals surface area contributed by atoms with Gasteiger partial charge in [0.2, 0.25) is 5.91 Å². The van der Waals surface area contributed by atoms with Gasteiger partial charge in [-0.25, -0.2) is 0 Å². The maximum atomic E-state index is 13.3. The summed E-state index contributed by atoms with van der Waals surface area (Å²) in [6, 6.07) is 15.3. The van der Waals surface area contributed by atoms with E-state index in [2.05, 4.69) is 17.1 Å². The van der Waals surface area contributed by atoms with E-state index in [1.165, 1.54) is 11.8 Å². The van der Waals surface area contributed by atoms with Crippen molar-refractivity contribution in [1.29, 1.82) is 0 Å². The molecule has 0 saturated heterocycles. The molecule has 2 aromatic carbocycles. The van der Waals surface area contributed by atoms with Crippen LogP contribution in [0.4, 0.5) is 5.69 Å². The van der Waals surface area contributed by atoms with Gasteiger partial charge in [-0.3, -0.25) is 9.36 Å². The molecule has 0 radical (unpaired) electrons. The Balaban J connectivity index is 1.51. The van der Waals surface area contributed by atoms with Crippen LogP contribution in [0.15, 0.2) is 60.0 Å². The fourth-order valence-electron chi connectivity index (χ4n) is 3.46. The number of benzene rings is 2. The quantitative estimate of drug-likeness (QED) is 0.466. The highest BCUT2D eigenvalue weighted by Crippen LogP contribution is 2.37. The average Bonchev–Trinajstić information content (AvgIpc) is 3.50. The molecule has 1 aliphatic rings. The van der Waals surface area contributed by atoms with Crippen molar-refractivity contribution in [3.05, 3.63) is 59.9 Å². The highest BCUT2D eigenvalue weighted by molar-refractivity contribution is 7.99. The van der Waals surface area contributed by atoms with Crippen molar-refractivity contribution in [2.45, 2.75) is 31.0 Å². The van der Waals surface area contributed by atoms with Gasteiger partial charge in [-0.1, -0.05) is 29.4 Å². The Kier molecular flexibility index (Phi) is 6.29. The number of aromatic nitrogens is 3. The SMILES string of the molecule is COc1ccc(N(C(=O)CSc2nncn2-c2cccc(Cl)c2)C(C)C2CC2)cc1. The molecule has 8 heteroatoms. The largest absolute Gasteiger partial charge is 0.497 e. The zero-order chi connectivity index (χ0) is 21.1. The van der Waals surface area contributed by atoms with Gasteiger partial charge in [-0.15, -0.1) is 10.2 Å². The highest BCUT2D eigenvalue weighted by atomic mass is 35.5. The van der Waals surface area contributed by atoms with Crippen molar-refractivity contribution in [2.75, 3.05) is 17.8 Å². The number of halogens is 1. The molecule has 1 aromatic heterocycles. The Morgan fingerprint density at radius 3 is 2.73 bits per heavy atom. The molecule has 1 atom stereocenters. The third-order valence-electron chi connectivity index (χ3n) is 5.26. The van der Waals surface area contributed by atoms with Crippen molar-refractivity contribution in [3.8, 4) is 11.4 Å². The lowest BCUT2D eigenvalue weighted by Gasteiger charge is -2.29. The smallest absolute Gasteiger partial charge is 0.237 e. The first-order valence-corrected chi connectivity index (χ1v) is 11.2. The Morgan fingerprint density at radius 2 is 2.07 bits per heavy atom. The van der Waals surface area contributed by atoms with Crippen molar-refractivity contribution >= 4 is 35.0 Å². The molecule has 0 spiro atoms. The molecule has 1 saturated carbocycles. The molecule has 4 rings (SSSR count). The van der Waals surface area contributed by atoms with Gasteiger partial charge in [0.1, 0.15) is 12.1 Å². The number of anilines is 1. The number of amides is 1. The highest BCUT2D eigenvalue weighted by Gasteiger charge is 2.35. The van der Waals surface area contributed by atoms with Crippen LogP contribution in [0.5, 0.6) is 5.75 Å². The summed E-state index contributed by atoms with van der Waals surface area (Å²) in [6.07, 6.45) is 3.96. The molecule has 30 heavy (non-hydrogen) atoms. The van der Waals surface area contributed by atoms with Crippen molar-refractivity contribution in [3.63, 3.8) is 0 Å². The van der Waals surface area contributed by atoms with Crippen LogP contribution in [0, 0.1) is 5.92 Å². The molecule has 6 nitrogen and oxygen atoms in total. The molecule has 0 bridgehead atoms. The Hall–Kier alpha value is -2.51. The summed E-state index contributed by atoms with van der Waals surface area (Å²) in [5.74, 6) is 1.64. The van der Waals surface area contributed by atoms with E-state index in [-0.39, 0.29) is 17.7 Å². The lowest BCUT2D eigenvalue weighted by Crippen LogP contribution is -2.41. The van der Waals surface area contributed by atoms with Crippen LogP contribution in [0.3, 0.4) is 0 Å². The first kappa shape index (κ1) is 20.8. The molecule has 0 N–H and O–H groups in total. The van der Waals surface area contributed by atoms with Crippen molar-refractivity contribution in [2.24, 2.45) is 5.92 Å². The number of carbonyl (C=O) groups excluding carboxylic acids is 1. The summed E-state index contributed by atoms with van der Waals surface area (Å²) >= 11 is 7.49. The van der Waals surface area contributed by atoms with Crippen LogP contribution >= 0.6 is 23.4 Å². The van der Waals surface area contributed by atoms with Gasteiger partial charge in [-0.05, 0) is 68.1 Å². The van der Waals surface area contributed by atoms with E-state index in [0.717, 1.165) is 30.0 Å². The van der Waals surface area contributed by atoms with E-state index in [9.17, 15) is 4.79 Å². The molecule has 0 aliphatic heterocycles. The van der Waals surface area contributed by atoms with Gasteiger partial charge in [0.15, 0.2) is 5.16 Å². The number of carbonyl (C=O) groups is 1. The minimum Gasteiger partial charge on any atom is -0.497 e. The van der Waals surface area contributed by atoms with Crippen LogP contribution in [0.25, 0.3) is 5.69 Å². The lowest BCUT2D eigenvalue weighted by atomic mass is 10.1. The molecule has 1 heterocycles. The number of methoxy groups -OCH3 is 1. The molecule has 1 unspecified atom stereocenters. The van der Waals surface area contributed by atoms with Gasteiger partial charge in [0.25, 0.3) is 0 Å². The molecule has 156 valence electrons. The van der Waals surface area contributed by atoms with E-state index in [1.54, 1.807) is 13.4 Å². The monoisotopic (exact) mass is 442 g/mol. The first-order chi connectivity index (χ1) is 14.6. The molecule has 1 aliphatic carbocycles. The van der Waals surface area contributed by atoms with Crippen LogP contribution in [-0.4, -0.2) is 39.6 Å². The predicted octanol–water partition coefficient (Wildman–Crippen LogP) is 4.85. The second-order valence-electron chi connectivity index (χ2n) is 7.29. The van der Waals surface area contributed by atoms with Gasteiger partial charge in [-0.2, -0.15) is 0 Å². The van der Waals surface area contributed by atoms with Crippen LogP contribution in [0.2, 0.25) is 5.02 Å². The Labute approximate surface area is 185 Å². The summed E-state index contributed by atoms with van der Waals surface area (Å²) in [5.41, 5.74) is 1.75. The van der Waals surface area contributed by atoms with E-state index in [0.29, 0.717) is 16.1 Å². The summed E-state index contributed by atoms with van der Waals surface area (Å²) < 4.78 is 7.09. The molecular formula is C22H23ClN4O2S. The predicted molar refractivity (Wildman–Crippen MR) is 120 cm³/mol. The van der Waals surface area contributed by atoms with Crippen molar-refractivity contribution < 1.29 is 9.53 Å². The number of thioether (sulfide) groups is 1. The van der Waals surface area contributed by atoms with Crippen LogP contribution in [-0.2, 0) is 4.79 Å². The third kappa shape index (κ3) is 4.63. The van der Waals surface area contributed by atoms with E-state index in [4.69, 9.17) is 16.3 Å². The summed E-state index contributed by atoms with van der Waals surface area (Å²) in [5, 5.41) is 9.49. The minimum absolute atomic E-state index is 0.0465. The van der Waals surface area contributed by atoms with E-state index >= 15 is 0 Å². The standard InChI is InChI=1S/C22H23ClN4O2S/c1-15(16-6-7-16)27(18-8-10-20(29-2)11-9-18)21(28)13-30-22-25-24-14-26(22)19-5-3-4-17(23)12-19/h3-5,8-12,14-16H,6-7,13H2,1-2H3. The summed E-state index contributed by atoms with van der Waals surface area (Å²) in [4.78, 5) is 15.2. The third-order valence-corrected chi connectivity index (χ3v) is 6.42. The maximum absolute atomic E-state index is 13.3. The fourth-order valence-corrected chi connectivity index (χ4v) is 4.43. The maximum Gasteiger partial charge on any atom is 0.237 e. The molecule has 1 fully saturated rings. The number of ether oxygens (including phenoxy) is 1. The van der Waals surface area contributed by atoms with Gasteiger partial charge in [0, 0.05) is 16.8 Å². The average molecular weight is 443 g/mol. The summed E-state index contributed by atoms with van der Waals surface area (Å²) in [6.45, 7) is 2.12. The normalized spacial score (nSPS) is 14.4. The zero-order valence-corrected chi connectivity index (χ0v) is 18.4. The number of hydrogen-bond acceptors (Lipinski definition) is 5. The Bertz CT molecular complexity index is 1020. The Morgan fingerprint density at radius 1 is 1.30 bits per heavy atom. The van der Waals surface area contributed by atoms with Crippen molar-refractivity contribution in [1.82, 2.24) is 14.8 Å². The number of nitrogens with zero attached hydrogens (tertiary/aromatic N) is 4.